The van der Waals surface area contributed by atoms with Gasteiger partial charge in [0.25, 0.3) is 0 Å². The van der Waals surface area contributed by atoms with Crippen LogP contribution in [0.15, 0.2) is 30.3 Å². The molecule has 1 fully saturated rings. The summed E-state index contributed by atoms with van der Waals surface area (Å²) in [5.74, 6) is 0. The molecule has 0 bridgehead atoms. The number of ether oxygens (including phenoxy) is 1. The standard InChI is InChI=1S/C19H26N4O3/c1-4-22(17-11-26-12-18(17)24)19(25)20-16-7-5-15(6-8-16)10-23-14(3)9-13(2)21-23/h5-9,17-18,24H,4,10-12H2,1-3H3,(H,20,25). The number of urea groups is 1. The molecule has 140 valence electrons. The fourth-order valence-corrected chi connectivity index (χ4v) is 3.25. The van der Waals surface area contributed by atoms with Crippen LogP contribution in [0.1, 0.15) is 23.9 Å². The fourth-order valence-electron chi connectivity index (χ4n) is 3.25. The van der Waals surface area contributed by atoms with Gasteiger partial charge in [0, 0.05) is 17.9 Å². The lowest BCUT2D eigenvalue weighted by molar-refractivity contribution is 0.1000. The Labute approximate surface area is 153 Å². The largest absolute Gasteiger partial charge is 0.388 e. The number of rotatable bonds is 5. The third-order valence-electron chi connectivity index (χ3n) is 4.66. The molecule has 0 aliphatic carbocycles. The summed E-state index contributed by atoms with van der Waals surface area (Å²) in [7, 11) is 0. The second-order valence-corrected chi connectivity index (χ2v) is 6.67. The molecule has 2 unspecified atom stereocenters. The third kappa shape index (κ3) is 4.05. The number of hydrogen-bond donors (Lipinski definition) is 2. The van der Waals surface area contributed by atoms with Gasteiger partial charge in [-0.1, -0.05) is 12.1 Å². The molecular formula is C19H26N4O3. The van der Waals surface area contributed by atoms with Crippen LogP contribution in [-0.2, 0) is 11.3 Å². The number of likely N-dealkylation sites (N-methyl/N-ethyl adjacent to an activating group) is 1. The maximum Gasteiger partial charge on any atom is 0.322 e. The van der Waals surface area contributed by atoms with Gasteiger partial charge in [-0.05, 0) is 44.5 Å². The summed E-state index contributed by atoms with van der Waals surface area (Å²) in [6, 6.07) is 9.25. The van der Waals surface area contributed by atoms with Crippen LogP contribution in [0, 0.1) is 13.8 Å². The number of aliphatic hydroxyl groups is 1. The second-order valence-electron chi connectivity index (χ2n) is 6.67. The summed E-state index contributed by atoms with van der Waals surface area (Å²) in [5.41, 5.74) is 3.96. The summed E-state index contributed by atoms with van der Waals surface area (Å²) >= 11 is 0. The maximum atomic E-state index is 12.5. The van der Waals surface area contributed by atoms with Crippen LogP contribution in [0.2, 0.25) is 0 Å². The second kappa shape index (κ2) is 7.88. The van der Waals surface area contributed by atoms with Crippen LogP contribution in [-0.4, -0.2) is 57.7 Å². The lowest BCUT2D eigenvalue weighted by Gasteiger charge is -2.28. The molecule has 0 radical (unpaired) electrons. The van der Waals surface area contributed by atoms with Crippen molar-refractivity contribution in [2.24, 2.45) is 0 Å². The quantitative estimate of drug-likeness (QED) is 0.858. The molecule has 1 aliphatic rings. The normalized spacial score (nSPS) is 19.5. The number of anilines is 1. The van der Waals surface area contributed by atoms with Crippen LogP contribution in [0.5, 0.6) is 0 Å². The molecule has 3 rings (SSSR count). The first-order valence-corrected chi connectivity index (χ1v) is 8.91. The van der Waals surface area contributed by atoms with Crippen LogP contribution in [0.25, 0.3) is 0 Å². The van der Waals surface area contributed by atoms with E-state index in [9.17, 15) is 9.90 Å². The Balaban J connectivity index is 1.63. The monoisotopic (exact) mass is 358 g/mol. The summed E-state index contributed by atoms with van der Waals surface area (Å²) in [6.45, 7) is 7.75. The number of aryl methyl sites for hydroxylation is 2. The first-order valence-electron chi connectivity index (χ1n) is 8.91. The van der Waals surface area contributed by atoms with Gasteiger partial charge in [-0.2, -0.15) is 5.10 Å². The molecule has 1 saturated heterocycles. The van der Waals surface area contributed by atoms with E-state index in [0.717, 1.165) is 22.6 Å². The molecule has 7 heteroatoms. The predicted octanol–water partition coefficient (Wildman–Crippen LogP) is 2.16. The summed E-state index contributed by atoms with van der Waals surface area (Å²) in [4.78, 5) is 14.1. The Morgan fingerprint density at radius 2 is 2.08 bits per heavy atom. The SMILES string of the molecule is CCN(C(=O)Nc1ccc(Cn2nc(C)cc2C)cc1)C1COCC1O. The van der Waals surface area contributed by atoms with Crippen molar-refractivity contribution in [3.05, 3.63) is 47.3 Å². The first kappa shape index (κ1) is 18.4. The highest BCUT2D eigenvalue weighted by molar-refractivity contribution is 5.89. The Morgan fingerprint density at radius 3 is 2.62 bits per heavy atom. The number of carbonyl (C=O) groups excluding carboxylic acids is 1. The topological polar surface area (TPSA) is 79.6 Å². The van der Waals surface area contributed by atoms with Gasteiger partial charge in [0.1, 0.15) is 0 Å². The van der Waals surface area contributed by atoms with Gasteiger partial charge >= 0.3 is 6.03 Å². The summed E-state index contributed by atoms with van der Waals surface area (Å²) < 4.78 is 7.22. The van der Waals surface area contributed by atoms with E-state index in [-0.39, 0.29) is 18.7 Å². The number of aromatic nitrogens is 2. The van der Waals surface area contributed by atoms with Gasteiger partial charge in [0.05, 0.1) is 37.6 Å². The van der Waals surface area contributed by atoms with Gasteiger partial charge < -0.3 is 20.1 Å². The van der Waals surface area contributed by atoms with E-state index >= 15 is 0 Å². The van der Waals surface area contributed by atoms with Crippen LogP contribution >= 0.6 is 0 Å². The lowest BCUT2D eigenvalue weighted by atomic mass is 10.2. The van der Waals surface area contributed by atoms with Crippen LogP contribution in [0.4, 0.5) is 10.5 Å². The third-order valence-corrected chi connectivity index (χ3v) is 4.66. The number of nitrogens with one attached hydrogen (secondary N) is 1. The van der Waals surface area contributed by atoms with Crippen LogP contribution in [0.3, 0.4) is 0 Å². The van der Waals surface area contributed by atoms with E-state index in [2.05, 4.69) is 16.5 Å². The van der Waals surface area contributed by atoms with Crippen molar-refractivity contribution in [2.45, 2.75) is 39.5 Å². The molecule has 2 N–H and O–H groups in total. The van der Waals surface area contributed by atoms with E-state index in [1.807, 2.05) is 49.7 Å². The van der Waals surface area contributed by atoms with Crippen molar-refractivity contribution in [1.82, 2.24) is 14.7 Å². The molecule has 0 saturated carbocycles. The molecule has 2 amide bonds. The van der Waals surface area contributed by atoms with Gasteiger partial charge in [-0.3, -0.25) is 4.68 Å². The molecule has 2 heterocycles. The number of carbonyl (C=O) groups is 1. The van der Waals surface area contributed by atoms with Crippen molar-refractivity contribution < 1.29 is 14.6 Å². The van der Waals surface area contributed by atoms with E-state index < -0.39 is 6.10 Å². The van der Waals surface area contributed by atoms with E-state index in [1.165, 1.54) is 0 Å². The molecule has 7 nitrogen and oxygen atoms in total. The highest BCUT2D eigenvalue weighted by atomic mass is 16.5. The Bertz CT molecular complexity index is 757. The average molecular weight is 358 g/mol. The minimum Gasteiger partial charge on any atom is -0.388 e. The Kier molecular flexibility index (Phi) is 5.58. The minimum atomic E-state index is -0.635. The minimum absolute atomic E-state index is 0.228. The van der Waals surface area contributed by atoms with E-state index in [0.29, 0.717) is 19.7 Å². The first-order chi connectivity index (χ1) is 12.5. The maximum absolute atomic E-state index is 12.5. The van der Waals surface area contributed by atoms with Crippen molar-refractivity contribution in [1.29, 1.82) is 0 Å². The van der Waals surface area contributed by atoms with Gasteiger partial charge in [0.2, 0.25) is 0 Å². The molecule has 26 heavy (non-hydrogen) atoms. The molecular weight excluding hydrogens is 332 g/mol. The Hall–Kier alpha value is -2.38. The molecule has 1 aliphatic heterocycles. The van der Waals surface area contributed by atoms with Gasteiger partial charge in [-0.25, -0.2) is 4.79 Å². The van der Waals surface area contributed by atoms with Crippen molar-refractivity contribution in [3.8, 4) is 0 Å². The highest BCUT2D eigenvalue weighted by Gasteiger charge is 2.33. The number of hydrogen-bond acceptors (Lipinski definition) is 4. The average Bonchev–Trinajstić information content (AvgIpc) is 3.15. The van der Waals surface area contributed by atoms with Gasteiger partial charge in [0.15, 0.2) is 0 Å². The zero-order valence-corrected chi connectivity index (χ0v) is 15.5. The predicted molar refractivity (Wildman–Crippen MR) is 99.3 cm³/mol. The molecule has 0 spiro atoms. The zero-order valence-electron chi connectivity index (χ0n) is 15.5. The molecule has 2 atom stereocenters. The van der Waals surface area contributed by atoms with E-state index in [1.54, 1.807) is 4.90 Å². The van der Waals surface area contributed by atoms with Crippen LogP contribution < -0.4 is 5.32 Å². The molecule has 1 aromatic heterocycles. The Morgan fingerprint density at radius 1 is 1.35 bits per heavy atom. The highest BCUT2D eigenvalue weighted by Crippen LogP contribution is 2.17. The summed E-state index contributed by atoms with van der Waals surface area (Å²) in [6.07, 6.45) is -0.635. The summed E-state index contributed by atoms with van der Waals surface area (Å²) in [5, 5.41) is 17.3. The van der Waals surface area contributed by atoms with Crippen molar-refractivity contribution in [3.63, 3.8) is 0 Å². The fraction of sp³-hybridized carbons (Fsp3) is 0.474. The van der Waals surface area contributed by atoms with Crippen molar-refractivity contribution in [2.75, 3.05) is 25.1 Å². The van der Waals surface area contributed by atoms with E-state index in [4.69, 9.17) is 4.74 Å². The number of nitrogens with zero attached hydrogens (tertiary/aromatic N) is 3. The smallest absolute Gasteiger partial charge is 0.322 e. The zero-order chi connectivity index (χ0) is 18.7. The molecule has 1 aromatic carbocycles. The number of aliphatic hydroxyl groups excluding tert-OH is 1. The van der Waals surface area contributed by atoms with Gasteiger partial charge in [-0.15, -0.1) is 0 Å². The lowest BCUT2D eigenvalue weighted by Crippen LogP contribution is -2.48. The molecule has 2 aromatic rings. The van der Waals surface area contributed by atoms with Crippen molar-refractivity contribution >= 4 is 11.7 Å². The number of amides is 2. The number of benzene rings is 1.